The average molecular weight is 431 g/mol. The van der Waals surface area contributed by atoms with Gasteiger partial charge in [0.05, 0.1) is 24.2 Å². The molecule has 2 aromatic rings. The molecule has 0 radical (unpaired) electrons. The number of hydrogen-bond donors (Lipinski definition) is 2. The summed E-state index contributed by atoms with van der Waals surface area (Å²) in [5.41, 5.74) is 4.72. The number of aromatic nitrogens is 1. The van der Waals surface area contributed by atoms with Crippen LogP contribution in [-0.4, -0.2) is 40.3 Å². The normalized spacial score (nSPS) is 24.8. The molecule has 2 aliphatic heterocycles. The fourth-order valence-corrected chi connectivity index (χ4v) is 5.52. The van der Waals surface area contributed by atoms with Gasteiger partial charge in [-0.05, 0) is 49.4 Å². The standard InChI is InChI=1S/C26H30N4O2/c1-17-8-2-3-10-19(17)25-24-21(16-28-26(24)32)29-20-11-4-5-12-22(20)30(25)23(31)14-13-18-9-6-7-15-27-18/h2-3,6-10,15,20,22,25,29H,4-5,11-14,16H2,1H3,(H,28,32)/t20-,22-,25-/m1/s1. The molecule has 3 atom stereocenters. The van der Waals surface area contributed by atoms with Gasteiger partial charge in [0.15, 0.2) is 0 Å². The highest BCUT2D eigenvalue weighted by molar-refractivity contribution is 5.99. The molecule has 2 amide bonds. The summed E-state index contributed by atoms with van der Waals surface area (Å²) >= 11 is 0. The van der Waals surface area contributed by atoms with Crippen LogP contribution in [0.5, 0.6) is 0 Å². The van der Waals surface area contributed by atoms with Crippen molar-refractivity contribution in [2.75, 3.05) is 6.54 Å². The molecule has 1 aromatic heterocycles. The first-order valence-electron chi connectivity index (χ1n) is 11.7. The number of pyridine rings is 1. The molecule has 32 heavy (non-hydrogen) atoms. The van der Waals surface area contributed by atoms with Crippen molar-refractivity contribution in [3.63, 3.8) is 0 Å². The number of nitrogens with one attached hydrogen (secondary N) is 2. The Hall–Kier alpha value is -3.15. The zero-order chi connectivity index (χ0) is 22.1. The number of aryl methyl sites for hydroxylation is 2. The lowest BCUT2D eigenvalue weighted by Gasteiger charge is -2.43. The average Bonchev–Trinajstić information content (AvgIpc) is 3.09. The molecule has 3 aliphatic rings. The highest BCUT2D eigenvalue weighted by Gasteiger charge is 2.46. The van der Waals surface area contributed by atoms with Crippen LogP contribution in [0.1, 0.15) is 55.0 Å². The molecule has 3 heterocycles. The first-order valence-corrected chi connectivity index (χ1v) is 11.7. The Morgan fingerprint density at radius 3 is 2.75 bits per heavy atom. The highest BCUT2D eigenvalue weighted by atomic mass is 16.2. The van der Waals surface area contributed by atoms with Crippen molar-refractivity contribution in [3.05, 3.63) is 76.8 Å². The Balaban J connectivity index is 1.57. The number of nitrogens with zero attached hydrogens (tertiary/aromatic N) is 2. The third kappa shape index (κ3) is 3.78. The van der Waals surface area contributed by atoms with E-state index in [0.29, 0.717) is 25.0 Å². The molecule has 6 nitrogen and oxygen atoms in total. The van der Waals surface area contributed by atoms with Crippen molar-refractivity contribution < 1.29 is 9.59 Å². The second-order valence-electron chi connectivity index (χ2n) is 9.06. The summed E-state index contributed by atoms with van der Waals surface area (Å²) in [6.45, 7) is 2.57. The maximum atomic E-state index is 13.9. The van der Waals surface area contributed by atoms with Gasteiger partial charge in [-0.2, -0.15) is 0 Å². The fraction of sp³-hybridized carbons (Fsp3) is 0.423. The Bertz CT molecular complexity index is 1050. The molecule has 5 rings (SSSR count). The van der Waals surface area contributed by atoms with E-state index in [1.54, 1.807) is 6.20 Å². The van der Waals surface area contributed by atoms with Crippen molar-refractivity contribution in [2.45, 2.75) is 63.6 Å². The number of fused-ring (bicyclic) bond motifs is 1. The lowest BCUT2D eigenvalue weighted by atomic mass is 9.86. The molecule has 1 aromatic carbocycles. The second kappa shape index (κ2) is 8.77. The van der Waals surface area contributed by atoms with Crippen LogP contribution in [0.25, 0.3) is 0 Å². The van der Waals surface area contributed by atoms with Gasteiger partial charge >= 0.3 is 0 Å². The maximum absolute atomic E-state index is 13.9. The van der Waals surface area contributed by atoms with Gasteiger partial charge in [-0.3, -0.25) is 14.6 Å². The van der Waals surface area contributed by atoms with Crippen LogP contribution in [0.15, 0.2) is 59.9 Å². The number of hydrogen-bond acceptors (Lipinski definition) is 4. The van der Waals surface area contributed by atoms with E-state index in [1.807, 2.05) is 30.3 Å². The van der Waals surface area contributed by atoms with Crippen LogP contribution in [-0.2, 0) is 16.0 Å². The minimum atomic E-state index is -0.370. The predicted molar refractivity (Wildman–Crippen MR) is 123 cm³/mol. The Kier molecular flexibility index (Phi) is 5.68. The summed E-state index contributed by atoms with van der Waals surface area (Å²) in [5.74, 6) is 0.0259. The molecule has 0 unspecified atom stereocenters. The van der Waals surface area contributed by atoms with Crippen LogP contribution >= 0.6 is 0 Å². The summed E-state index contributed by atoms with van der Waals surface area (Å²) in [5, 5.41) is 6.68. The molecular formula is C26H30N4O2. The van der Waals surface area contributed by atoms with Crippen LogP contribution in [0.4, 0.5) is 0 Å². The largest absolute Gasteiger partial charge is 0.382 e. The minimum Gasteiger partial charge on any atom is -0.382 e. The van der Waals surface area contributed by atoms with E-state index in [9.17, 15) is 9.59 Å². The van der Waals surface area contributed by atoms with Crippen LogP contribution in [0.3, 0.4) is 0 Å². The fourth-order valence-electron chi connectivity index (χ4n) is 5.52. The minimum absolute atomic E-state index is 0.0677. The van der Waals surface area contributed by atoms with Gasteiger partial charge in [-0.1, -0.05) is 43.2 Å². The summed E-state index contributed by atoms with van der Waals surface area (Å²) in [6, 6.07) is 13.8. The Morgan fingerprint density at radius 1 is 1.12 bits per heavy atom. The second-order valence-corrected chi connectivity index (χ2v) is 9.06. The van der Waals surface area contributed by atoms with Crippen molar-refractivity contribution in [3.8, 4) is 0 Å². The SMILES string of the molecule is Cc1ccccc1[C@@H]1C2=C(CNC2=O)N[C@@H]2CCCC[C@H]2N1C(=O)CCc1ccccn1. The van der Waals surface area contributed by atoms with Crippen molar-refractivity contribution in [1.82, 2.24) is 20.5 Å². The molecule has 0 bridgehead atoms. The van der Waals surface area contributed by atoms with Crippen molar-refractivity contribution >= 4 is 11.8 Å². The van der Waals surface area contributed by atoms with E-state index in [1.165, 1.54) is 0 Å². The number of amides is 2. The third-order valence-electron chi connectivity index (χ3n) is 7.09. The van der Waals surface area contributed by atoms with Crippen LogP contribution < -0.4 is 10.6 Å². The first kappa shape index (κ1) is 20.7. The van der Waals surface area contributed by atoms with E-state index < -0.39 is 0 Å². The van der Waals surface area contributed by atoms with E-state index in [-0.39, 0.29) is 29.9 Å². The lowest BCUT2D eigenvalue weighted by Crippen LogP contribution is -2.53. The van der Waals surface area contributed by atoms with Gasteiger partial charge in [-0.15, -0.1) is 0 Å². The molecule has 0 spiro atoms. The first-order chi connectivity index (χ1) is 15.6. The summed E-state index contributed by atoms with van der Waals surface area (Å²) < 4.78 is 0. The number of carbonyl (C=O) groups is 2. The topological polar surface area (TPSA) is 74.3 Å². The molecule has 6 heteroatoms. The smallest absolute Gasteiger partial charge is 0.251 e. The molecule has 2 N–H and O–H groups in total. The van der Waals surface area contributed by atoms with Gasteiger partial charge in [0.25, 0.3) is 5.91 Å². The van der Waals surface area contributed by atoms with Gasteiger partial charge in [0.2, 0.25) is 5.91 Å². The summed E-state index contributed by atoms with van der Waals surface area (Å²) in [6.07, 6.45) is 6.96. The molecule has 1 aliphatic carbocycles. The molecule has 0 saturated heterocycles. The molecular weight excluding hydrogens is 400 g/mol. The van der Waals surface area contributed by atoms with Gasteiger partial charge < -0.3 is 15.5 Å². The highest BCUT2D eigenvalue weighted by Crippen LogP contribution is 2.41. The molecule has 1 saturated carbocycles. The molecule has 166 valence electrons. The van der Waals surface area contributed by atoms with E-state index in [0.717, 1.165) is 48.2 Å². The van der Waals surface area contributed by atoms with Gasteiger partial charge in [-0.25, -0.2) is 0 Å². The monoisotopic (exact) mass is 430 g/mol. The number of carbonyl (C=O) groups excluding carboxylic acids is 2. The number of rotatable bonds is 4. The zero-order valence-electron chi connectivity index (χ0n) is 18.5. The van der Waals surface area contributed by atoms with Gasteiger partial charge in [0.1, 0.15) is 0 Å². The Morgan fingerprint density at radius 2 is 1.94 bits per heavy atom. The van der Waals surface area contributed by atoms with E-state index in [4.69, 9.17) is 0 Å². The summed E-state index contributed by atoms with van der Waals surface area (Å²) in [7, 11) is 0. The quantitative estimate of drug-likeness (QED) is 0.781. The zero-order valence-corrected chi connectivity index (χ0v) is 18.5. The van der Waals surface area contributed by atoms with Crippen molar-refractivity contribution in [2.24, 2.45) is 0 Å². The summed E-state index contributed by atoms with van der Waals surface area (Å²) in [4.78, 5) is 33.4. The van der Waals surface area contributed by atoms with Gasteiger partial charge in [0, 0.05) is 30.1 Å². The van der Waals surface area contributed by atoms with E-state index >= 15 is 0 Å². The van der Waals surface area contributed by atoms with Crippen LogP contribution in [0.2, 0.25) is 0 Å². The molecule has 1 fully saturated rings. The number of benzene rings is 1. The maximum Gasteiger partial charge on any atom is 0.251 e. The van der Waals surface area contributed by atoms with E-state index in [2.05, 4.69) is 39.6 Å². The lowest BCUT2D eigenvalue weighted by molar-refractivity contribution is -0.137. The van der Waals surface area contributed by atoms with Crippen molar-refractivity contribution in [1.29, 1.82) is 0 Å². The predicted octanol–water partition coefficient (Wildman–Crippen LogP) is 3.19. The van der Waals surface area contributed by atoms with Crippen LogP contribution in [0, 0.1) is 6.92 Å². The Labute approximate surface area is 189 Å². The third-order valence-corrected chi connectivity index (χ3v) is 7.09.